The van der Waals surface area contributed by atoms with Gasteiger partial charge in [0, 0.05) is 19.1 Å². The Morgan fingerprint density at radius 1 is 1.19 bits per heavy atom. The lowest BCUT2D eigenvalue weighted by atomic mass is 10.1. The summed E-state index contributed by atoms with van der Waals surface area (Å²) in [5, 5.41) is 11.6. The van der Waals surface area contributed by atoms with Crippen molar-refractivity contribution in [3.8, 4) is 0 Å². The van der Waals surface area contributed by atoms with Crippen molar-refractivity contribution >= 4 is 6.01 Å². The molecule has 5 nitrogen and oxygen atoms in total. The zero-order valence-corrected chi connectivity index (χ0v) is 9.48. The second-order valence-corrected chi connectivity index (χ2v) is 4.68. The molecule has 2 fully saturated rings. The topological polar surface area (TPSA) is 54.2 Å². The summed E-state index contributed by atoms with van der Waals surface area (Å²) >= 11 is 0. The third-order valence-corrected chi connectivity index (χ3v) is 3.20. The zero-order chi connectivity index (χ0) is 10.8. The summed E-state index contributed by atoms with van der Waals surface area (Å²) in [6.45, 7) is 2.82. The van der Waals surface area contributed by atoms with E-state index < -0.39 is 0 Å². The number of nitrogens with one attached hydrogen (secondary N) is 1. The van der Waals surface area contributed by atoms with Gasteiger partial charge in [-0.05, 0) is 32.1 Å². The molecule has 1 N–H and O–H groups in total. The van der Waals surface area contributed by atoms with Crippen molar-refractivity contribution in [3.05, 3.63) is 5.89 Å². The summed E-state index contributed by atoms with van der Waals surface area (Å²) in [6, 6.07) is 1.39. The first-order valence-corrected chi connectivity index (χ1v) is 6.22. The Hall–Kier alpha value is -1.10. The molecule has 0 unspecified atom stereocenters. The van der Waals surface area contributed by atoms with Crippen LogP contribution in [0.5, 0.6) is 0 Å². The van der Waals surface area contributed by atoms with E-state index in [0.29, 0.717) is 24.5 Å². The van der Waals surface area contributed by atoms with Gasteiger partial charge in [0.15, 0.2) is 0 Å². The van der Waals surface area contributed by atoms with Gasteiger partial charge in [0.25, 0.3) is 0 Å². The number of piperidine rings is 1. The fourth-order valence-electron chi connectivity index (χ4n) is 2.05. The van der Waals surface area contributed by atoms with Crippen molar-refractivity contribution in [2.45, 2.75) is 44.7 Å². The Morgan fingerprint density at radius 2 is 2.00 bits per heavy atom. The average Bonchev–Trinajstić information content (AvgIpc) is 3.05. The fourth-order valence-corrected chi connectivity index (χ4v) is 2.05. The van der Waals surface area contributed by atoms with Gasteiger partial charge in [0.2, 0.25) is 5.89 Å². The summed E-state index contributed by atoms with van der Waals surface area (Å²) in [5.41, 5.74) is 0. The van der Waals surface area contributed by atoms with Gasteiger partial charge in [-0.25, -0.2) is 0 Å². The Balaban J connectivity index is 1.57. The highest BCUT2D eigenvalue weighted by Crippen LogP contribution is 2.20. The van der Waals surface area contributed by atoms with Crippen LogP contribution in [-0.2, 0) is 6.54 Å². The molecule has 1 aromatic heterocycles. The van der Waals surface area contributed by atoms with E-state index in [2.05, 4.69) is 20.4 Å². The maximum Gasteiger partial charge on any atom is 0.318 e. The van der Waals surface area contributed by atoms with E-state index in [-0.39, 0.29) is 0 Å². The zero-order valence-electron chi connectivity index (χ0n) is 9.48. The summed E-state index contributed by atoms with van der Waals surface area (Å²) < 4.78 is 5.64. The van der Waals surface area contributed by atoms with Crippen LogP contribution in [0.3, 0.4) is 0 Å². The first-order chi connectivity index (χ1) is 7.92. The van der Waals surface area contributed by atoms with E-state index in [0.717, 1.165) is 13.1 Å². The molecular formula is C11H18N4O. The van der Waals surface area contributed by atoms with Crippen molar-refractivity contribution in [2.75, 3.05) is 18.0 Å². The molecule has 5 heteroatoms. The highest BCUT2D eigenvalue weighted by atomic mass is 16.4. The molecule has 1 saturated heterocycles. The summed E-state index contributed by atoms with van der Waals surface area (Å²) in [6.07, 6.45) is 6.36. The number of aromatic nitrogens is 2. The summed E-state index contributed by atoms with van der Waals surface area (Å²) in [7, 11) is 0. The maximum atomic E-state index is 5.64. The lowest BCUT2D eigenvalue weighted by molar-refractivity contribution is 0.445. The van der Waals surface area contributed by atoms with Crippen LogP contribution in [0.4, 0.5) is 6.01 Å². The van der Waals surface area contributed by atoms with E-state index in [9.17, 15) is 0 Å². The van der Waals surface area contributed by atoms with Crippen molar-refractivity contribution in [1.29, 1.82) is 0 Å². The van der Waals surface area contributed by atoms with Gasteiger partial charge in [-0.3, -0.25) is 0 Å². The Labute approximate surface area is 95.2 Å². The van der Waals surface area contributed by atoms with Crippen molar-refractivity contribution in [2.24, 2.45) is 0 Å². The smallest absolute Gasteiger partial charge is 0.318 e. The van der Waals surface area contributed by atoms with Crippen LogP contribution in [0.1, 0.15) is 38.0 Å². The van der Waals surface area contributed by atoms with Gasteiger partial charge >= 0.3 is 6.01 Å². The quantitative estimate of drug-likeness (QED) is 0.832. The molecule has 2 heterocycles. The van der Waals surface area contributed by atoms with Gasteiger partial charge in [-0.2, -0.15) is 0 Å². The average molecular weight is 222 g/mol. The van der Waals surface area contributed by atoms with Crippen LogP contribution < -0.4 is 10.2 Å². The van der Waals surface area contributed by atoms with Gasteiger partial charge in [0.1, 0.15) is 0 Å². The third kappa shape index (κ3) is 2.35. The molecule has 0 radical (unpaired) electrons. The molecule has 2 aliphatic rings. The van der Waals surface area contributed by atoms with Crippen LogP contribution in [0, 0.1) is 0 Å². The second kappa shape index (κ2) is 4.41. The minimum atomic E-state index is 0.685. The molecule has 0 atom stereocenters. The number of rotatable bonds is 4. The van der Waals surface area contributed by atoms with Gasteiger partial charge in [-0.15, -0.1) is 5.10 Å². The van der Waals surface area contributed by atoms with E-state index in [4.69, 9.17) is 4.42 Å². The molecule has 88 valence electrons. The lowest BCUT2D eigenvalue weighted by Crippen LogP contribution is -2.29. The SMILES string of the molecule is C1CCN(c2nnc(CNC3CC3)o2)CC1. The number of hydrogen-bond acceptors (Lipinski definition) is 5. The Morgan fingerprint density at radius 3 is 2.75 bits per heavy atom. The highest BCUT2D eigenvalue weighted by Gasteiger charge is 2.22. The molecule has 1 aromatic rings. The predicted molar refractivity (Wildman–Crippen MR) is 60.2 cm³/mol. The number of hydrogen-bond donors (Lipinski definition) is 1. The van der Waals surface area contributed by atoms with Crippen molar-refractivity contribution in [3.63, 3.8) is 0 Å². The fraction of sp³-hybridized carbons (Fsp3) is 0.818. The highest BCUT2D eigenvalue weighted by molar-refractivity contribution is 5.24. The molecule has 0 spiro atoms. The summed E-state index contributed by atoms with van der Waals surface area (Å²) in [5.74, 6) is 0.715. The van der Waals surface area contributed by atoms with E-state index >= 15 is 0 Å². The van der Waals surface area contributed by atoms with E-state index in [1.54, 1.807) is 0 Å². The largest absolute Gasteiger partial charge is 0.407 e. The van der Waals surface area contributed by atoms with E-state index in [1.165, 1.54) is 32.1 Å². The predicted octanol–water partition coefficient (Wildman–Crippen LogP) is 1.31. The number of anilines is 1. The number of nitrogens with zero attached hydrogens (tertiary/aromatic N) is 3. The standard InChI is InChI=1S/C11H18N4O/c1-2-6-15(7-3-1)11-14-13-10(16-11)8-12-9-4-5-9/h9,12H,1-8H2. The monoisotopic (exact) mass is 222 g/mol. The first-order valence-electron chi connectivity index (χ1n) is 6.22. The van der Waals surface area contributed by atoms with Crippen LogP contribution >= 0.6 is 0 Å². The molecule has 0 bridgehead atoms. The maximum absolute atomic E-state index is 5.64. The molecule has 1 aliphatic carbocycles. The van der Waals surface area contributed by atoms with Crippen molar-refractivity contribution in [1.82, 2.24) is 15.5 Å². The molecule has 1 aliphatic heterocycles. The minimum Gasteiger partial charge on any atom is -0.407 e. The van der Waals surface area contributed by atoms with Crippen LogP contribution in [0.25, 0.3) is 0 Å². The normalized spacial score (nSPS) is 21.4. The Bertz CT molecular complexity index is 342. The summed E-state index contributed by atoms with van der Waals surface area (Å²) in [4.78, 5) is 2.19. The Kier molecular flexibility index (Phi) is 2.78. The first kappa shape index (κ1) is 10.1. The second-order valence-electron chi connectivity index (χ2n) is 4.68. The molecule has 16 heavy (non-hydrogen) atoms. The molecular weight excluding hydrogens is 204 g/mol. The van der Waals surface area contributed by atoms with Crippen LogP contribution in [0.2, 0.25) is 0 Å². The van der Waals surface area contributed by atoms with Crippen LogP contribution in [0.15, 0.2) is 4.42 Å². The lowest BCUT2D eigenvalue weighted by Gasteiger charge is -2.24. The molecule has 0 aromatic carbocycles. The van der Waals surface area contributed by atoms with Gasteiger partial charge < -0.3 is 14.6 Å². The van der Waals surface area contributed by atoms with Gasteiger partial charge in [0.05, 0.1) is 6.54 Å². The van der Waals surface area contributed by atoms with Crippen LogP contribution in [-0.4, -0.2) is 29.3 Å². The molecule has 0 amide bonds. The molecule has 1 saturated carbocycles. The third-order valence-electron chi connectivity index (χ3n) is 3.20. The van der Waals surface area contributed by atoms with Gasteiger partial charge in [-0.1, -0.05) is 5.10 Å². The van der Waals surface area contributed by atoms with E-state index in [1.807, 2.05) is 0 Å². The van der Waals surface area contributed by atoms with Crippen molar-refractivity contribution < 1.29 is 4.42 Å². The minimum absolute atomic E-state index is 0.685. The molecule has 3 rings (SSSR count).